The van der Waals surface area contributed by atoms with Crippen LogP contribution in [-0.2, 0) is 14.6 Å². The van der Waals surface area contributed by atoms with Crippen LogP contribution in [0.4, 0.5) is 0 Å². The molecule has 1 aromatic rings. The van der Waals surface area contributed by atoms with Crippen molar-refractivity contribution in [3.05, 3.63) is 34.9 Å². The van der Waals surface area contributed by atoms with Gasteiger partial charge in [-0.05, 0) is 17.7 Å². The van der Waals surface area contributed by atoms with Crippen LogP contribution in [0.5, 0.6) is 0 Å². The fraction of sp³-hybridized carbons (Fsp3) is 0.462. The Bertz CT molecular complexity index is 647. The van der Waals surface area contributed by atoms with E-state index in [1.54, 1.807) is 18.2 Å². The number of methoxy groups -OCH3 is 1. The van der Waals surface area contributed by atoms with Crippen LogP contribution in [0.2, 0.25) is 5.02 Å². The van der Waals surface area contributed by atoms with Gasteiger partial charge in [-0.2, -0.15) is 0 Å². The summed E-state index contributed by atoms with van der Waals surface area (Å²) in [4.78, 5) is 0.166. The lowest BCUT2D eigenvalue weighted by molar-refractivity contribution is 0.166. The molecular weight excluding hydrogens is 318 g/mol. The van der Waals surface area contributed by atoms with E-state index in [2.05, 4.69) is 0 Å². The molecule has 0 spiro atoms. The molecule has 0 radical (unpaired) electrons. The molecule has 0 aliphatic heterocycles. The van der Waals surface area contributed by atoms with Crippen molar-refractivity contribution in [2.75, 3.05) is 20.0 Å². The first kappa shape index (κ1) is 15.7. The molecule has 0 unspecified atom stereocenters. The third kappa shape index (κ3) is 2.45. The van der Waals surface area contributed by atoms with Gasteiger partial charge >= 0.3 is 0 Å². The van der Waals surface area contributed by atoms with Crippen LogP contribution in [0.3, 0.4) is 0 Å². The molecular formula is C13H16ClNO3S2. The third-order valence-electron chi connectivity index (χ3n) is 3.77. The van der Waals surface area contributed by atoms with Crippen molar-refractivity contribution < 1.29 is 13.2 Å². The van der Waals surface area contributed by atoms with Gasteiger partial charge < -0.3 is 10.5 Å². The molecule has 0 bridgehead atoms. The number of halogens is 1. The van der Waals surface area contributed by atoms with E-state index in [4.69, 9.17) is 34.3 Å². The van der Waals surface area contributed by atoms with Gasteiger partial charge in [-0.3, -0.25) is 0 Å². The van der Waals surface area contributed by atoms with E-state index < -0.39 is 20.5 Å². The van der Waals surface area contributed by atoms with Crippen LogP contribution < -0.4 is 5.73 Å². The fourth-order valence-corrected chi connectivity index (χ4v) is 5.49. The molecule has 0 heterocycles. The Hall–Kier alpha value is -0.690. The highest BCUT2D eigenvalue weighted by Gasteiger charge is 2.71. The number of benzene rings is 1. The topological polar surface area (TPSA) is 69.4 Å². The molecule has 1 aromatic carbocycles. The van der Waals surface area contributed by atoms with Crippen LogP contribution >= 0.6 is 23.8 Å². The lowest BCUT2D eigenvalue weighted by Gasteiger charge is -2.15. The minimum absolute atomic E-state index is 0.166. The number of thiocarbonyl (C=S) groups is 1. The normalized spacial score (nSPS) is 29.1. The second-order valence-electron chi connectivity index (χ2n) is 5.12. The van der Waals surface area contributed by atoms with Crippen LogP contribution in [0.15, 0.2) is 24.3 Å². The zero-order valence-electron chi connectivity index (χ0n) is 11.2. The molecule has 7 heteroatoms. The minimum atomic E-state index is -3.31. The quantitative estimate of drug-likeness (QED) is 0.832. The summed E-state index contributed by atoms with van der Waals surface area (Å²) < 4.78 is 29.3. The van der Waals surface area contributed by atoms with Gasteiger partial charge in [0.1, 0.15) is 0 Å². The molecule has 0 amide bonds. The van der Waals surface area contributed by atoms with E-state index in [0.717, 1.165) is 5.56 Å². The van der Waals surface area contributed by atoms with Gasteiger partial charge in [-0.25, -0.2) is 8.42 Å². The molecule has 110 valence electrons. The maximum absolute atomic E-state index is 12.1. The van der Waals surface area contributed by atoms with Crippen molar-refractivity contribution in [2.24, 2.45) is 11.1 Å². The zero-order chi connectivity index (χ0) is 15.1. The van der Waals surface area contributed by atoms with Crippen molar-refractivity contribution in [2.45, 2.75) is 11.2 Å². The monoisotopic (exact) mass is 333 g/mol. The Morgan fingerprint density at radius 2 is 2.20 bits per heavy atom. The van der Waals surface area contributed by atoms with Crippen LogP contribution in [-0.4, -0.2) is 38.6 Å². The van der Waals surface area contributed by atoms with E-state index in [1.807, 2.05) is 6.07 Å². The summed E-state index contributed by atoms with van der Waals surface area (Å²) in [5, 5.41) is -0.109. The van der Waals surface area contributed by atoms with Gasteiger partial charge in [0.15, 0.2) is 9.84 Å². The second-order valence-corrected chi connectivity index (χ2v) is 8.16. The van der Waals surface area contributed by atoms with E-state index in [1.165, 1.54) is 13.4 Å². The smallest absolute Gasteiger partial charge is 0.152 e. The highest BCUT2D eigenvalue weighted by Crippen LogP contribution is 2.63. The summed E-state index contributed by atoms with van der Waals surface area (Å²) in [5.41, 5.74) is 5.80. The van der Waals surface area contributed by atoms with Crippen LogP contribution in [0, 0.1) is 5.41 Å². The molecule has 3 atom stereocenters. The highest BCUT2D eigenvalue weighted by molar-refractivity contribution is 7.92. The van der Waals surface area contributed by atoms with E-state index in [9.17, 15) is 8.42 Å². The van der Waals surface area contributed by atoms with Crippen LogP contribution in [0.1, 0.15) is 11.5 Å². The number of ether oxygens (including phenoxy) is 1. The predicted octanol–water partition coefficient (Wildman–Crippen LogP) is 1.77. The number of hydrogen-bond acceptors (Lipinski definition) is 4. The SMILES string of the molecule is COC[C@]1(C(N)=S)[C@H](c2cccc(Cl)c2)[C@H]1S(C)(=O)=O. The zero-order valence-corrected chi connectivity index (χ0v) is 13.6. The predicted molar refractivity (Wildman–Crippen MR) is 83.9 cm³/mol. The molecule has 20 heavy (non-hydrogen) atoms. The molecule has 1 aliphatic carbocycles. The van der Waals surface area contributed by atoms with Gasteiger partial charge in [0.05, 0.1) is 22.3 Å². The first-order valence-electron chi connectivity index (χ1n) is 5.98. The first-order valence-corrected chi connectivity index (χ1v) is 8.72. The molecule has 1 fully saturated rings. The Balaban J connectivity index is 2.53. The average Bonchev–Trinajstić information content (AvgIpc) is 3.00. The van der Waals surface area contributed by atoms with Crippen molar-refractivity contribution >= 4 is 38.6 Å². The first-order chi connectivity index (χ1) is 9.25. The molecule has 4 nitrogen and oxygen atoms in total. The summed E-state index contributed by atoms with van der Waals surface area (Å²) in [6, 6.07) is 7.11. The number of sulfone groups is 1. The van der Waals surface area contributed by atoms with Gasteiger partial charge in [0.2, 0.25) is 0 Å². The van der Waals surface area contributed by atoms with Crippen molar-refractivity contribution in [1.29, 1.82) is 0 Å². The number of rotatable bonds is 5. The second kappa shape index (κ2) is 5.26. The van der Waals surface area contributed by atoms with Crippen molar-refractivity contribution in [3.63, 3.8) is 0 Å². The summed E-state index contributed by atoms with van der Waals surface area (Å²) in [6.07, 6.45) is 1.20. The van der Waals surface area contributed by atoms with Gasteiger partial charge in [0.25, 0.3) is 0 Å². The molecule has 0 saturated heterocycles. The Kier molecular flexibility index (Phi) is 4.12. The largest absolute Gasteiger partial charge is 0.393 e. The Morgan fingerprint density at radius 3 is 2.65 bits per heavy atom. The summed E-state index contributed by atoms with van der Waals surface area (Å²) in [6.45, 7) is 0.178. The lowest BCUT2D eigenvalue weighted by Crippen LogP contribution is -2.32. The van der Waals surface area contributed by atoms with E-state index in [0.29, 0.717) is 5.02 Å². The van der Waals surface area contributed by atoms with Gasteiger partial charge in [-0.15, -0.1) is 0 Å². The lowest BCUT2D eigenvalue weighted by atomic mass is 10.00. The summed E-state index contributed by atoms with van der Waals surface area (Å²) in [7, 11) is -1.80. The van der Waals surface area contributed by atoms with E-state index >= 15 is 0 Å². The van der Waals surface area contributed by atoms with Gasteiger partial charge in [0, 0.05) is 24.3 Å². The van der Waals surface area contributed by atoms with E-state index in [-0.39, 0.29) is 17.5 Å². The fourth-order valence-electron chi connectivity index (χ4n) is 2.98. The highest BCUT2D eigenvalue weighted by atomic mass is 35.5. The Labute approximate surface area is 129 Å². The molecule has 2 N–H and O–H groups in total. The molecule has 1 aliphatic rings. The van der Waals surface area contributed by atoms with Crippen molar-refractivity contribution in [1.82, 2.24) is 0 Å². The molecule has 1 saturated carbocycles. The summed E-state index contributed by atoms with van der Waals surface area (Å²) in [5.74, 6) is -0.311. The molecule has 0 aromatic heterocycles. The number of nitrogens with two attached hydrogens (primary N) is 1. The average molecular weight is 334 g/mol. The minimum Gasteiger partial charge on any atom is -0.393 e. The Morgan fingerprint density at radius 1 is 1.55 bits per heavy atom. The molecule has 2 rings (SSSR count). The maximum atomic E-state index is 12.1. The third-order valence-corrected chi connectivity index (χ3v) is 6.00. The van der Waals surface area contributed by atoms with Crippen molar-refractivity contribution in [3.8, 4) is 0 Å². The maximum Gasteiger partial charge on any atom is 0.152 e. The number of hydrogen-bond donors (Lipinski definition) is 1. The summed E-state index contributed by atoms with van der Waals surface area (Å²) >= 11 is 11.1. The van der Waals surface area contributed by atoms with Crippen LogP contribution in [0.25, 0.3) is 0 Å². The standard InChI is InChI=1S/C13H16ClNO3S2/c1-18-7-13(12(15)19)10(11(13)20(2,16)17)8-4-3-5-9(14)6-8/h3-6,10-11H,7H2,1-2H3,(H2,15,19)/t10-,11-,13+/m1/s1. The van der Waals surface area contributed by atoms with Gasteiger partial charge in [-0.1, -0.05) is 36.0 Å².